The summed E-state index contributed by atoms with van der Waals surface area (Å²) >= 11 is 0. The molecule has 1 aromatic carbocycles. The van der Waals surface area contributed by atoms with Gasteiger partial charge in [-0.2, -0.15) is 13.2 Å². The molecule has 0 spiro atoms. The predicted octanol–water partition coefficient (Wildman–Crippen LogP) is 3.20. The van der Waals surface area contributed by atoms with Crippen LogP contribution in [0.15, 0.2) is 36.4 Å². The van der Waals surface area contributed by atoms with E-state index in [2.05, 4.69) is 0 Å². The van der Waals surface area contributed by atoms with Gasteiger partial charge >= 0.3 is 12.1 Å². The predicted molar refractivity (Wildman–Crippen MR) is 90.8 cm³/mol. The van der Waals surface area contributed by atoms with Gasteiger partial charge in [0.25, 0.3) is 0 Å². The number of esters is 1. The first kappa shape index (κ1) is 18.7. The topological polar surface area (TPSA) is 63.7 Å². The molecule has 0 radical (unpaired) electrons. The van der Waals surface area contributed by atoms with Crippen LogP contribution in [0, 0.1) is 17.8 Å². The molecule has 1 heterocycles. The molecule has 0 N–H and O–H groups in total. The lowest BCUT2D eigenvalue weighted by Gasteiger charge is -2.29. The molecule has 2 aliphatic carbocycles. The number of benzene rings is 1. The van der Waals surface area contributed by atoms with Crippen molar-refractivity contribution in [2.45, 2.75) is 31.5 Å². The number of fused-ring (bicyclic) bond motifs is 2. The summed E-state index contributed by atoms with van der Waals surface area (Å²) in [5.74, 6) is -2.18. The highest BCUT2D eigenvalue weighted by Gasteiger charge is 2.52. The van der Waals surface area contributed by atoms with E-state index in [9.17, 15) is 27.6 Å². The van der Waals surface area contributed by atoms with Gasteiger partial charge in [0, 0.05) is 18.9 Å². The van der Waals surface area contributed by atoms with Gasteiger partial charge in [-0.05, 0) is 43.0 Å². The Balaban J connectivity index is 1.51. The molecule has 4 rings (SSSR count). The third-order valence-electron chi connectivity index (χ3n) is 5.70. The summed E-state index contributed by atoms with van der Waals surface area (Å²) in [6.07, 6.45) is 0.211. The summed E-state index contributed by atoms with van der Waals surface area (Å²) < 4.78 is 43.6. The average molecular weight is 393 g/mol. The summed E-state index contributed by atoms with van der Waals surface area (Å²) in [4.78, 5) is 38.5. The third kappa shape index (κ3) is 3.21. The van der Waals surface area contributed by atoms with E-state index in [-0.39, 0.29) is 29.2 Å². The Morgan fingerprint density at radius 3 is 2.36 bits per heavy atom. The van der Waals surface area contributed by atoms with E-state index in [4.69, 9.17) is 4.74 Å². The Kier molecular flexibility index (Phi) is 4.51. The largest absolute Gasteiger partial charge is 0.457 e. The fraction of sp³-hybridized carbons (Fsp3) is 0.450. The highest BCUT2D eigenvalue weighted by atomic mass is 19.4. The molecule has 148 valence electrons. The lowest BCUT2D eigenvalue weighted by atomic mass is 9.89. The van der Waals surface area contributed by atoms with E-state index in [1.807, 2.05) is 12.2 Å². The van der Waals surface area contributed by atoms with Crippen molar-refractivity contribution in [2.24, 2.45) is 17.8 Å². The molecule has 5 nitrogen and oxygen atoms in total. The van der Waals surface area contributed by atoms with Crippen LogP contribution in [0.2, 0.25) is 0 Å². The number of ether oxygens (including phenoxy) is 1. The number of carbonyl (C=O) groups excluding carboxylic acids is 3. The van der Waals surface area contributed by atoms with Gasteiger partial charge in [0.15, 0.2) is 0 Å². The van der Waals surface area contributed by atoms with Crippen molar-refractivity contribution < 1.29 is 32.3 Å². The maximum Gasteiger partial charge on any atom is 0.416 e. The number of hydrogen-bond donors (Lipinski definition) is 0. The molecule has 4 atom stereocenters. The number of nitrogens with zero attached hydrogens (tertiary/aromatic N) is 1. The van der Waals surface area contributed by atoms with Crippen LogP contribution in [0.5, 0.6) is 0 Å². The zero-order valence-corrected chi connectivity index (χ0v) is 14.8. The fourth-order valence-electron chi connectivity index (χ4n) is 4.31. The number of hydrogen-bond acceptors (Lipinski definition) is 4. The van der Waals surface area contributed by atoms with Crippen molar-refractivity contribution in [3.05, 3.63) is 47.5 Å². The van der Waals surface area contributed by atoms with Gasteiger partial charge in [-0.15, -0.1) is 0 Å². The van der Waals surface area contributed by atoms with Gasteiger partial charge < -0.3 is 4.74 Å². The number of amides is 2. The maximum absolute atomic E-state index is 12.9. The van der Waals surface area contributed by atoms with E-state index in [0.717, 1.165) is 24.3 Å². The molecule has 2 fully saturated rings. The summed E-state index contributed by atoms with van der Waals surface area (Å²) in [6.45, 7) is 0.370. The minimum atomic E-state index is -4.49. The molecule has 28 heavy (non-hydrogen) atoms. The minimum absolute atomic E-state index is 0.0109. The van der Waals surface area contributed by atoms with Crippen LogP contribution in [0.4, 0.5) is 13.2 Å². The Morgan fingerprint density at radius 2 is 1.75 bits per heavy atom. The van der Waals surface area contributed by atoms with Gasteiger partial charge in [-0.25, -0.2) is 4.79 Å². The molecule has 1 aromatic rings. The lowest BCUT2D eigenvalue weighted by molar-refractivity contribution is -0.147. The number of alkyl halides is 3. The Morgan fingerprint density at radius 1 is 1.07 bits per heavy atom. The van der Waals surface area contributed by atoms with E-state index >= 15 is 0 Å². The van der Waals surface area contributed by atoms with Crippen LogP contribution >= 0.6 is 0 Å². The molecule has 0 unspecified atom stereocenters. The SMILES string of the molecule is O=C(O[C@H]1[C@H](C(=O)N2CCCC2=O)[C@@H]2C=C[C@H]1C2)c1ccc(C(F)(F)F)cc1. The van der Waals surface area contributed by atoms with Crippen molar-refractivity contribution in [2.75, 3.05) is 6.54 Å². The van der Waals surface area contributed by atoms with E-state index in [0.29, 0.717) is 25.8 Å². The smallest absolute Gasteiger partial charge is 0.416 e. The van der Waals surface area contributed by atoms with Crippen molar-refractivity contribution in [1.82, 2.24) is 4.90 Å². The average Bonchev–Trinajstić information content (AvgIpc) is 3.36. The third-order valence-corrected chi connectivity index (χ3v) is 5.70. The van der Waals surface area contributed by atoms with Crippen LogP contribution in [0.25, 0.3) is 0 Å². The molecular formula is C20H18F3NO4. The number of likely N-dealkylation sites (tertiary alicyclic amines) is 1. The first-order valence-electron chi connectivity index (χ1n) is 9.16. The second kappa shape index (κ2) is 6.76. The number of imide groups is 1. The molecule has 1 saturated heterocycles. The van der Waals surface area contributed by atoms with Crippen molar-refractivity contribution in [3.8, 4) is 0 Å². The number of allylic oxidation sites excluding steroid dienone is 1. The van der Waals surface area contributed by atoms with Crippen LogP contribution in [-0.4, -0.2) is 35.3 Å². The molecular weight excluding hydrogens is 375 g/mol. The van der Waals surface area contributed by atoms with E-state index in [1.165, 1.54) is 4.90 Å². The van der Waals surface area contributed by atoms with Crippen molar-refractivity contribution in [3.63, 3.8) is 0 Å². The molecule has 2 bridgehead atoms. The minimum Gasteiger partial charge on any atom is -0.457 e. The standard InChI is InChI=1S/C20H18F3NO4/c21-20(22,23)14-7-5-11(6-8-14)19(27)28-17-13-4-3-12(10-13)16(17)18(26)24-9-1-2-15(24)25/h3-8,12-13,16-17H,1-2,9-10H2/t12-,13+,16-,17-/m1/s1. The molecule has 1 aliphatic heterocycles. The van der Waals surface area contributed by atoms with Crippen molar-refractivity contribution in [1.29, 1.82) is 0 Å². The molecule has 1 saturated carbocycles. The number of rotatable bonds is 3. The lowest BCUT2D eigenvalue weighted by Crippen LogP contribution is -2.44. The first-order chi connectivity index (χ1) is 13.3. The van der Waals surface area contributed by atoms with Gasteiger partial charge in [0.2, 0.25) is 11.8 Å². The van der Waals surface area contributed by atoms with Gasteiger partial charge in [0.05, 0.1) is 17.0 Å². The summed E-state index contributed by atoms with van der Waals surface area (Å²) in [7, 11) is 0. The zero-order chi connectivity index (χ0) is 20.1. The van der Waals surface area contributed by atoms with Crippen LogP contribution < -0.4 is 0 Å². The highest BCUT2D eigenvalue weighted by Crippen LogP contribution is 2.46. The van der Waals surface area contributed by atoms with Gasteiger partial charge in [0.1, 0.15) is 6.10 Å². The van der Waals surface area contributed by atoms with Crippen LogP contribution in [0.3, 0.4) is 0 Å². The Labute approximate surface area is 159 Å². The van der Waals surface area contributed by atoms with E-state index < -0.39 is 29.7 Å². The molecule has 3 aliphatic rings. The Hall–Kier alpha value is -2.64. The number of carbonyl (C=O) groups is 3. The van der Waals surface area contributed by atoms with Gasteiger partial charge in [-0.3, -0.25) is 14.5 Å². The van der Waals surface area contributed by atoms with Crippen LogP contribution in [0.1, 0.15) is 35.2 Å². The molecule has 0 aromatic heterocycles. The Bertz CT molecular complexity index is 846. The fourth-order valence-corrected chi connectivity index (χ4v) is 4.31. The summed E-state index contributed by atoms with van der Waals surface area (Å²) in [5.41, 5.74) is -0.865. The highest BCUT2D eigenvalue weighted by molar-refractivity contribution is 5.98. The van der Waals surface area contributed by atoms with E-state index in [1.54, 1.807) is 0 Å². The summed E-state index contributed by atoms with van der Waals surface area (Å²) in [6, 6.07) is 3.77. The molecule has 8 heteroatoms. The normalized spacial score (nSPS) is 28.8. The second-order valence-corrected chi connectivity index (χ2v) is 7.41. The summed E-state index contributed by atoms with van der Waals surface area (Å²) in [5, 5.41) is 0. The molecule has 2 amide bonds. The quantitative estimate of drug-likeness (QED) is 0.450. The van der Waals surface area contributed by atoms with Crippen molar-refractivity contribution >= 4 is 17.8 Å². The van der Waals surface area contributed by atoms with Crippen LogP contribution in [-0.2, 0) is 20.5 Å². The second-order valence-electron chi connectivity index (χ2n) is 7.41. The monoisotopic (exact) mass is 393 g/mol. The number of halogens is 3. The van der Waals surface area contributed by atoms with Gasteiger partial charge in [-0.1, -0.05) is 12.2 Å². The zero-order valence-electron chi connectivity index (χ0n) is 14.8. The maximum atomic E-state index is 12.9. The first-order valence-corrected chi connectivity index (χ1v) is 9.16.